The molecule has 1 aromatic heterocycles. The van der Waals surface area contributed by atoms with Gasteiger partial charge in [0, 0.05) is 11.9 Å². The molecule has 1 unspecified atom stereocenters. The van der Waals surface area contributed by atoms with Crippen LogP contribution in [-0.4, -0.2) is 9.55 Å². The fourth-order valence-corrected chi connectivity index (χ4v) is 2.67. The molecule has 3 nitrogen and oxygen atoms in total. The number of nitriles is 1. The number of nitrogens with zero attached hydrogens (tertiary/aromatic N) is 3. The zero-order valence-corrected chi connectivity index (χ0v) is 9.72. The van der Waals surface area contributed by atoms with Gasteiger partial charge in [-0.1, -0.05) is 12.1 Å². The lowest BCUT2D eigenvalue weighted by Gasteiger charge is -2.16. The van der Waals surface area contributed by atoms with Crippen molar-refractivity contribution >= 4 is 0 Å². The van der Waals surface area contributed by atoms with Gasteiger partial charge in [0.05, 0.1) is 24.0 Å². The summed E-state index contributed by atoms with van der Waals surface area (Å²) in [7, 11) is 0. The molecule has 0 amide bonds. The highest BCUT2D eigenvalue weighted by Crippen LogP contribution is 2.33. The predicted octanol–water partition coefficient (Wildman–Crippen LogP) is 2.60. The maximum atomic E-state index is 9.07. The summed E-state index contributed by atoms with van der Waals surface area (Å²) in [6, 6.07) is 8.57. The van der Waals surface area contributed by atoms with Crippen molar-refractivity contribution in [3.63, 3.8) is 0 Å². The molecular formula is C14H13N3. The molecule has 0 N–H and O–H groups in total. The van der Waals surface area contributed by atoms with Gasteiger partial charge in [0.25, 0.3) is 0 Å². The number of aryl methyl sites for hydroxylation is 1. The Morgan fingerprint density at radius 3 is 3.18 bits per heavy atom. The molecule has 0 saturated carbocycles. The van der Waals surface area contributed by atoms with Crippen LogP contribution >= 0.6 is 0 Å². The van der Waals surface area contributed by atoms with Gasteiger partial charge in [-0.3, -0.25) is 0 Å². The van der Waals surface area contributed by atoms with E-state index in [2.05, 4.69) is 21.7 Å². The van der Waals surface area contributed by atoms with Crippen molar-refractivity contribution in [3.8, 4) is 6.07 Å². The minimum absolute atomic E-state index is 0.348. The third kappa shape index (κ3) is 1.45. The molecule has 0 aliphatic carbocycles. The van der Waals surface area contributed by atoms with Crippen LogP contribution in [0.25, 0.3) is 0 Å². The Morgan fingerprint density at radius 2 is 2.35 bits per heavy atom. The van der Waals surface area contributed by atoms with E-state index >= 15 is 0 Å². The van der Waals surface area contributed by atoms with Gasteiger partial charge in [0.15, 0.2) is 0 Å². The third-order valence-corrected chi connectivity index (χ3v) is 3.61. The first-order valence-electron chi connectivity index (χ1n) is 5.81. The van der Waals surface area contributed by atoms with Crippen LogP contribution in [-0.2, 0) is 6.42 Å². The van der Waals surface area contributed by atoms with Gasteiger partial charge in [-0.15, -0.1) is 0 Å². The molecule has 0 radical (unpaired) electrons. The van der Waals surface area contributed by atoms with Gasteiger partial charge < -0.3 is 4.57 Å². The van der Waals surface area contributed by atoms with Crippen LogP contribution in [0, 0.1) is 18.3 Å². The summed E-state index contributed by atoms with van der Waals surface area (Å²) in [6.07, 6.45) is 6.00. The Bertz CT molecular complexity index is 604. The summed E-state index contributed by atoms with van der Waals surface area (Å²) in [5, 5.41) is 9.07. The fraction of sp³-hybridized carbons (Fsp3) is 0.286. The van der Waals surface area contributed by atoms with E-state index in [4.69, 9.17) is 5.26 Å². The Morgan fingerprint density at radius 1 is 1.47 bits per heavy atom. The highest BCUT2D eigenvalue weighted by Gasteiger charge is 2.24. The second-order valence-corrected chi connectivity index (χ2v) is 4.48. The Kier molecular flexibility index (Phi) is 2.22. The first-order valence-corrected chi connectivity index (χ1v) is 5.81. The Labute approximate surface area is 100 Å². The van der Waals surface area contributed by atoms with Gasteiger partial charge in [-0.05, 0) is 37.0 Å². The number of hydrogen-bond acceptors (Lipinski definition) is 2. The molecule has 0 bridgehead atoms. The molecular weight excluding hydrogens is 210 g/mol. The average Bonchev–Trinajstić information content (AvgIpc) is 2.92. The standard InChI is InChI=1S/C14H13N3/c1-10-11(7-15)3-2-4-13(10)14-6-5-12-8-16-9-17(12)14/h2-4,8-9,14H,5-6H2,1H3. The van der Waals surface area contributed by atoms with Crippen molar-refractivity contribution in [2.45, 2.75) is 25.8 Å². The zero-order chi connectivity index (χ0) is 11.8. The van der Waals surface area contributed by atoms with Gasteiger partial charge >= 0.3 is 0 Å². The predicted molar refractivity (Wildman–Crippen MR) is 64.6 cm³/mol. The van der Waals surface area contributed by atoms with Crippen molar-refractivity contribution in [2.24, 2.45) is 0 Å². The topological polar surface area (TPSA) is 41.6 Å². The summed E-state index contributed by atoms with van der Waals surface area (Å²) in [5.41, 5.74) is 4.41. The molecule has 17 heavy (non-hydrogen) atoms. The molecule has 2 heterocycles. The van der Waals surface area contributed by atoms with Crippen molar-refractivity contribution in [3.05, 3.63) is 53.1 Å². The van der Waals surface area contributed by atoms with Gasteiger partial charge in [0.1, 0.15) is 0 Å². The second kappa shape index (κ2) is 3.74. The SMILES string of the molecule is Cc1c(C#N)cccc1C1CCc2cncn21. The molecule has 84 valence electrons. The van der Waals surface area contributed by atoms with Crippen molar-refractivity contribution in [2.75, 3.05) is 0 Å². The summed E-state index contributed by atoms with van der Waals surface area (Å²) >= 11 is 0. The smallest absolute Gasteiger partial charge is 0.0994 e. The molecule has 1 aliphatic heterocycles. The minimum Gasteiger partial charge on any atom is -0.327 e. The highest BCUT2D eigenvalue weighted by molar-refractivity contribution is 5.44. The number of imidazole rings is 1. The van der Waals surface area contributed by atoms with Crippen LogP contribution < -0.4 is 0 Å². The third-order valence-electron chi connectivity index (χ3n) is 3.61. The molecule has 1 aliphatic rings. The van der Waals surface area contributed by atoms with Crippen molar-refractivity contribution in [1.29, 1.82) is 5.26 Å². The van der Waals surface area contributed by atoms with E-state index in [0.29, 0.717) is 6.04 Å². The van der Waals surface area contributed by atoms with Gasteiger partial charge in [0.2, 0.25) is 0 Å². The van der Waals surface area contributed by atoms with E-state index in [1.807, 2.05) is 31.6 Å². The van der Waals surface area contributed by atoms with E-state index in [9.17, 15) is 0 Å². The molecule has 0 saturated heterocycles. The monoisotopic (exact) mass is 223 g/mol. The van der Waals surface area contributed by atoms with Gasteiger partial charge in [-0.2, -0.15) is 5.26 Å². The molecule has 3 heteroatoms. The summed E-state index contributed by atoms with van der Waals surface area (Å²) in [5.74, 6) is 0. The molecule has 1 atom stereocenters. The van der Waals surface area contributed by atoms with E-state index in [0.717, 1.165) is 24.0 Å². The average molecular weight is 223 g/mol. The summed E-state index contributed by atoms with van der Waals surface area (Å²) in [6.45, 7) is 2.03. The Balaban J connectivity index is 2.11. The van der Waals surface area contributed by atoms with E-state index in [-0.39, 0.29) is 0 Å². The van der Waals surface area contributed by atoms with Crippen molar-refractivity contribution in [1.82, 2.24) is 9.55 Å². The second-order valence-electron chi connectivity index (χ2n) is 4.48. The lowest BCUT2D eigenvalue weighted by molar-refractivity contribution is 0.612. The molecule has 0 fully saturated rings. The first-order chi connectivity index (χ1) is 8.31. The highest BCUT2D eigenvalue weighted by atomic mass is 15.1. The quantitative estimate of drug-likeness (QED) is 0.745. The Hall–Kier alpha value is -2.08. The van der Waals surface area contributed by atoms with E-state index < -0.39 is 0 Å². The normalized spacial score (nSPS) is 17.8. The zero-order valence-electron chi connectivity index (χ0n) is 9.72. The number of hydrogen-bond donors (Lipinski definition) is 0. The van der Waals surface area contributed by atoms with Crippen LogP contribution in [0.4, 0.5) is 0 Å². The lowest BCUT2D eigenvalue weighted by atomic mass is 9.96. The molecule has 0 spiro atoms. The van der Waals surface area contributed by atoms with Crippen molar-refractivity contribution < 1.29 is 0 Å². The maximum absolute atomic E-state index is 9.07. The summed E-state index contributed by atoms with van der Waals surface area (Å²) in [4.78, 5) is 4.19. The molecule has 2 aromatic rings. The summed E-state index contributed by atoms with van der Waals surface area (Å²) < 4.78 is 2.23. The number of benzene rings is 1. The van der Waals surface area contributed by atoms with Crippen LogP contribution in [0.3, 0.4) is 0 Å². The maximum Gasteiger partial charge on any atom is 0.0994 e. The first kappa shape index (κ1) is 10.1. The molecule has 3 rings (SSSR count). The van der Waals surface area contributed by atoms with Crippen LogP contribution in [0.1, 0.15) is 34.8 Å². The largest absolute Gasteiger partial charge is 0.327 e. The lowest BCUT2D eigenvalue weighted by Crippen LogP contribution is -2.07. The van der Waals surface area contributed by atoms with Crippen LogP contribution in [0.15, 0.2) is 30.7 Å². The number of fused-ring (bicyclic) bond motifs is 1. The number of rotatable bonds is 1. The number of aromatic nitrogens is 2. The van der Waals surface area contributed by atoms with E-state index in [1.165, 1.54) is 11.3 Å². The van der Waals surface area contributed by atoms with E-state index in [1.54, 1.807) is 0 Å². The van der Waals surface area contributed by atoms with Crippen LogP contribution in [0.2, 0.25) is 0 Å². The minimum atomic E-state index is 0.348. The molecule has 1 aromatic carbocycles. The fourth-order valence-electron chi connectivity index (χ4n) is 2.67. The van der Waals surface area contributed by atoms with Crippen LogP contribution in [0.5, 0.6) is 0 Å². The van der Waals surface area contributed by atoms with Gasteiger partial charge in [-0.25, -0.2) is 4.98 Å².